The van der Waals surface area contributed by atoms with Crippen LogP contribution in [0.25, 0.3) is 0 Å². The van der Waals surface area contributed by atoms with Crippen LogP contribution in [0, 0.1) is 13.8 Å². The van der Waals surface area contributed by atoms with Gasteiger partial charge in [-0.05, 0) is 31.5 Å². The standard InChI is InChI=1S/C14H17N3O2/c1-9-4-5-11(6-13(9)18)14(19)15-7-12-8-17(3)16-10(12)2/h4-6,8,18H,7H2,1-3H3,(H,15,19). The Hall–Kier alpha value is -2.30. The van der Waals surface area contributed by atoms with Crippen LogP contribution in [0.15, 0.2) is 24.4 Å². The van der Waals surface area contributed by atoms with Gasteiger partial charge in [0.25, 0.3) is 5.91 Å². The Morgan fingerprint density at radius 1 is 1.42 bits per heavy atom. The lowest BCUT2D eigenvalue weighted by molar-refractivity contribution is 0.0950. The third kappa shape index (κ3) is 2.93. The molecular weight excluding hydrogens is 242 g/mol. The van der Waals surface area contributed by atoms with E-state index >= 15 is 0 Å². The Labute approximate surface area is 111 Å². The number of carbonyl (C=O) groups is 1. The number of rotatable bonds is 3. The van der Waals surface area contributed by atoms with Crippen molar-refractivity contribution in [1.82, 2.24) is 15.1 Å². The number of phenolic OH excluding ortho intramolecular Hbond substituents is 1. The fraction of sp³-hybridized carbons (Fsp3) is 0.286. The van der Waals surface area contributed by atoms with Gasteiger partial charge in [-0.15, -0.1) is 0 Å². The van der Waals surface area contributed by atoms with E-state index in [-0.39, 0.29) is 11.7 Å². The van der Waals surface area contributed by atoms with Gasteiger partial charge in [-0.1, -0.05) is 6.07 Å². The minimum Gasteiger partial charge on any atom is -0.508 e. The third-order valence-corrected chi connectivity index (χ3v) is 3.03. The Bertz CT molecular complexity index is 617. The van der Waals surface area contributed by atoms with Crippen molar-refractivity contribution in [3.63, 3.8) is 0 Å². The van der Waals surface area contributed by atoms with Crippen LogP contribution in [0.5, 0.6) is 5.75 Å². The maximum absolute atomic E-state index is 12.0. The van der Waals surface area contributed by atoms with Gasteiger partial charge in [0.1, 0.15) is 5.75 Å². The number of amides is 1. The van der Waals surface area contributed by atoms with Gasteiger partial charge in [-0.25, -0.2) is 0 Å². The van der Waals surface area contributed by atoms with E-state index in [1.165, 1.54) is 6.07 Å². The maximum Gasteiger partial charge on any atom is 0.251 e. The van der Waals surface area contributed by atoms with Crippen molar-refractivity contribution in [2.75, 3.05) is 0 Å². The molecule has 0 fully saturated rings. The second-order valence-electron chi connectivity index (χ2n) is 4.60. The summed E-state index contributed by atoms with van der Waals surface area (Å²) in [6.07, 6.45) is 1.88. The van der Waals surface area contributed by atoms with Gasteiger partial charge in [0.05, 0.1) is 5.69 Å². The quantitative estimate of drug-likeness (QED) is 0.881. The minimum atomic E-state index is -0.210. The van der Waals surface area contributed by atoms with Gasteiger partial charge >= 0.3 is 0 Å². The molecule has 2 rings (SSSR count). The molecule has 0 saturated carbocycles. The summed E-state index contributed by atoms with van der Waals surface area (Å²) >= 11 is 0. The zero-order valence-electron chi connectivity index (χ0n) is 11.3. The van der Waals surface area contributed by atoms with Gasteiger partial charge in [-0.2, -0.15) is 5.10 Å². The summed E-state index contributed by atoms with van der Waals surface area (Å²) in [6, 6.07) is 4.89. The molecule has 1 aromatic heterocycles. The first-order chi connectivity index (χ1) is 8.97. The zero-order valence-corrected chi connectivity index (χ0v) is 11.3. The number of hydrogen-bond donors (Lipinski definition) is 2. The van der Waals surface area contributed by atoms with Crippen LogP contribution < -0.4 is 5.32 Å². The number of nitrogens with zero attached hydrogens (tertiary/aromatic N) is 2. The van der Waals surface area contributed by atoms with Gasteiger partial charge in [-0.3, -0.25) is 9.48 Å². The molecule has 0 saturated heterocycles. The first kappa shape index (κ1) is 13.1. The van der Waals surface area contributed by atoms with E-state index < -0.39 is 0 Å². The molecule has 1 aromatic carbocycles. The molecule has 2 N–H and O–H groups in total. The van der Waals surface area contributed by atoms with Crippen LogP contribution in [0.2, 0.25) is 0 Å². The van der Waals surface area contributed by atoms with Crippen LogP contribution in [0.4, 0.5) is 0 Å². The van der Waals surface area contributed by atoms with Crippen LogP contribution in [0.3, 0.4) is 0 Å². The predicted molar refractivity (Wildman–Crippen MR) is 72.0 cm³/mol. The molecule has 2 aromatic rings. The van der Waals surface area contributed by atoms with Crippen molar-refractivity contribution in [1.29, 1.82) is 0 Å². The van der Waals surface area contributed by atoms with Crippen molar-refractivity contribution in [3.8, 4) is 5.75 Å². The van der Waals surface area contributed by atoms with Crippen LogP contribution in [0.1, 0.15) is 27.2 Å². The summed E-state index contributed by atoms with van der Waals surface area (Å²) in [5.41, 5.74) is 3.08. The molecule has 0 aliphatic heterocycles. The number of carbonyl (C=O) groups excluding carboxylic acids is 1. The second-order valence-corrected chi connectivity index (χ2v) is 4.60. The summed E-state index contributed by atoms with van der Waals surface area (Å²) in [7, 11) is 1.84. The number of aromatic hydroxyl groups is 1. The molecule has 1 heterocycles. The molecule has 19 heavy (non-hydrogen) atoms. The first-order valence-electron chi connectivity index (χ1n) is 6.04. The summed E-state index contributed by atoms with van der Waals surface area (Å²) in [5, 5.41) is 16.6. The average Bonchev–Trinajstić information content (AvgIpc) is 2.68. The van der Waals surface area contributed by atoms with Crippen molar-refractivity contribution < 1.29 is 9.90 Å². The number of benzene rings is 1. The molecule has 0 radical (unpaired) electrons. The lowest BCUT2D eigenvalue weighted by Gasteiger charge is -2.06. The van der Waals surface area contributed by atoms with Crippen LogP contribution in [-0.4, -0.2) is 20.8 Å². The van der Waals surface area contributed by atoms with E-state index in [9.17, 15) is 9.90 Å². The van der Waals surface area contributed by atoms with Crippen molar-refractivity contribution in [2.45, 2.75) is 20.4 Å². The Kier molecular flexibility index (Phi) is 3.55. The van der Waals surface area contributed by atoms with E-state index in [0.29, 0.717) is 12.1 Å². The predicted octanol–water partition coefficient (Wildman–Crippen LogP) is 1.67. The molecule has 5 heteroatoms. The topological polar surface area (TPSA) is 67.2 Å². The molecular formula is C14H17N3O2. The zero-order chi connectivity index (χ0) is 14.0. The maximum atomic E-state index is 12.0. The number of phenols is 1. The highest BCUT2D eigenvalue weighted by atomic mass is 16.3. The normalized spacial score (nSPS) is 10.5. The molecule has 100 valence electrons. The number of aryl methyl sites for hydroxylation is 3. The van der Waals surface area contributed by atoms with E-state index in [4.69, 9.17) is 0 Å². The second kappa shape index (κ2) is 5.14. The fourth-order valence-corrected chi connectivity index (χ4v) is 1.85. The summed E-state index contributed by atoms with van der Waals surface area (Å²) < 4.78 is 1.72. The molecule has 0 spiro atoms. The first-order valence-corrected chi connectivity index (χ1v) is 6.04. The molecule has 0 aliphatic rings. The Morgan fingerprint density at radius 2 is 2.16 bits per heavy atom. The molecule has 1 amide bonds. The molecule has 0 atom stereocenters. The van der Waals surface area contributed by atoms with Gasteiger partial charge < -0.3 is 10.4 Å². The Morgan fingerprint density at radius 3 is 2.74 bits per heavy atom. The molecule has 0 unspecified atom stereocenters. The van der Waals surface area contributed by atoms with Crippen molar-refractivity contribution in [3.05, 3.63) is 46.8 Å². The minimum absolute atomic E-state index is 0.130. The summed E-state index contributed by atoms with van der Waals surface area (Å²) in [4.78, 5) is 12.0. The smallest absolute Gasteiger partial charge is 0.251 e. The molecule has 0 bridgehead atoms. The summed E-state index contributed by atoms with van der Waals surface area (Å²) in [6.45, 7) is 4.11. The van der Waals surface area contributed by atoms with Crippen molar-refractivity contribution >= 4 is 5.91 Å². The summed E-state index contributed by atoms with van der Waals surface area (Å²) in [5.74, 6) is -0.0799. The highest BCUT2D eigenvalue weighted by molar-refractivity contribution is 5.94. The Balaban J connectivity index is 2.05. The number of nitrogens with one attached hydrogen (secondary N) is 1. The SMILES string of the molecule is Cc1ccc(C(=O)NCc2cn(C)nc2C)cc1O. The van der Waals surface area contributed by atoms with Crippen LogP contribution in [-0.2, 0) is 13.6 Å². The van der Waals surface area contributed by atoms with E-state index in [1.54, 1.807) is 23.7 Å². The highest BCUT2D eigenvalue weighted by Crippen LogP contribution is 2.17. The van der Waals surface area contributed by atoms with E-state index in [0.717, 1.165) is 16.8 Å². The molecule has 0 aliphatic carbocycles. The highest BCUT2D eigenvalue weighted by Gasteiger charge is 2.09. The van der Waals surface area contributed by atoms with Crippen LogP contribution >= 0.6 is 0 Å². The van der Waals surface area contributed by atoms with Gasteiger partial charge in [0, 0.05) is 30.9 Å². The average molecular weight is 259 g/mol. The fourth-order valence-electron chi connectivity index (χ4n) is 1.85. The number of aromatic nitrogens is 2. The van der Waals surface area contributed by atoms with Gasteiger partial charge in [0.15, 0.2) is 0 Å². The number of hydrogen-bond acceptors (Lipinski definition) is 3. The monoisotopic (exact) mass is 259 g/mol. The van der Waals surface area contributed by atoms with Gasteiger partial charge in [0.2, 0.25) is 0 Å². The largest absolute Gasteiger partial charge is 0.508 e. The third-order valence-electron chi connectivity index (χ3n) is 3.03. The lowest BCUT2D eigenvalue weighted by atomic mass is 10.1. The van der Waals surface area contributed by atoms with E-state index in [1.807, 2.05) is 20.2 Å². The van der Waals surface area contributed by atoms with E-state index in [2.05, 4.69) is 10.4 Å². The molecule has 5 nitrogen and oxygen atoms in total. The lowest BCUT2D eigenvalue weighted by Crippen LogP contribution is -2.22. The van der Waals surface area contributed by atoms with Crippen molar-refractivity contribution in [2.24, 2.45) is 7.05 Å².